The average molecular weight is 705 g/mol. The summed E-state index contributed by atoms with van der Waals surface area (Å²) in [7, 11) is 1.76. The Kier molecular flexibility index (Phi) is 23.9. The summed E-state index contributed by atoms with van der Waals surface area (Å²) in [6.07, 6.45) is 11.0. The predicted octanol–water partition coefficient (Wildman–Crippen LogP) is 10.7. The molecule has 1 N–H and O–H groups in total. The lowest BCUT2D eigenvalue weighted by molar-refractivity contribution is -0.122. The molecule has 6 nitrogen and oxygen atoms in total. The zero-order valence-corrected chi connectivity index (χ0v) is 33.9. The molecule has 1 atom stereocenters. The van der Waals surface area contributed by atoms with Crippen molar-refractivity contribution in [2.75, 3.05) is 52.9 Å². The Hall–Kier alpha value is -3.35. The van der Waals surface area contributed by atoms with E-state index in [1.54, 1.807) is 7.11 Å². The van der Waals surface area contributed by atoms with Crippen LogP contribution >= 0.6 is 0 Å². The van der Waals surface area contributed by atoms with Crippen LogP contribution in [0.3, 0.4) is 0 Å². The maximum absolute atomic E-state index is 12.6. The monoisotopic (exact) mass is 705 g/mol. The number of hydrogen-bond acceptors (Lipinski definition) is 6. The van der Waals surface area contributed by atoms with Crippen molar-refractivity contribution in [2.24, 2.45) is 5.92 Å². The second-order valence-corrected chi connectivity index (χ2v) is 12.3. The van der Waals surface area contributed by atoms with E-state index in [0.717, 1.165) is 101 Å². The molecule has 3 aliphatic heterocycles. The first-order valence-electron chi connectivity index (χ1n) is 19.6. The summed E-state index contributed by atoms with van der Waals surface area (Å²) in [5, 5.41) is 3.26. The van der Waals surface area contributed by atoms with Gasteiger partial charge in [-0.25, -0.2) is 0 Å². The summed E-state index contributed by atoms with van der Waals surface area (Å²) >= 11 is 0. The van der Waals surface area contributed by atoms with Gasteiger partial charge in [0.1, 0.15) is 11.5 Å². The third-order valence-corrected chi connectivity index (χ3v) is 9.37. The first-order valence-corrected chi connectivity index (χ1v) is 19.6. The highest BCUT2D eigenvalue weighted by Crippen LogP contribution is 2.46. The van der Waals surface area contributed by atoms with Crippen molar-refractivity contribution in [1.29, 1.82) is 0 Å². The molecule has 0 spiro atoms. The molecule has 6 heteroatoms. The van der Waals surface area contributed by atoms with Gasteiger partial charge in [0.05, 0.1) is 7.11 Å². The van der Waals surface area contributed by atoms with Crippen LogP contribution in [0.4, 0.5) is 0 Å². The van der Waals surface area contributed by atoms with Gasteiger partial charge in [0.15, 0.2) is 0 Å². The number of aryl methyl sites for hydroxylation is 1. The Bertz CT molecular complexity index is 1340. The molecule has 288 valence electrons. The summed E-state index contributed by atoms with van der Waals surface area (Å²) in [4.78, 5) is 19.7. The van der Waals surface area contributed by atoms with Gasteiger partial charge in [-0.2, -0.15) is 0 Å². The molecule has 2 fully saturated rings. The third-order valence-electron chi connectivity index (χ3n) is 9.37. The molecule has 1 aromatic carbocycles. The van der Waals surface area contributed by atoms with Gasteiger partial charge in [-0.1, -0.05) is 95.5 Å². The molecule has 0 amide bonds. The first kappa shape index (κ1) is 47.7. The highest BCUT2D eigenvalue weighted by molar-refractivity contribution is 5.88. The van der Waals surface area contributed by atoms with Crippen molar-refractivity contribution >= 4 is 11.9 Å². The lowest BCUT2D eigenvalue weighted by Gasteiger charge is -2.35. The standard InChI is InChI=1S/C32H42N2O2.C6H12N2.3C2H6.CH4/c1-8-15-33(16-9-2)20-29-27(21(4)11-14-32(29)36-7)17-24-19-34-23(6)26-12-13-31(35)25(10-3)28(26)18-30(34)22(24)5;1-2-8-5-3-7-4-6-8;3*1-2;/h11,14,17-18,25H,5-6,8-10,12-13,15-16,19-20H2,1-4,7H3;2,7H,1,3-6H2;3*1-2H3;1H4/b24-17-;;;;;. The Morgan fingerprint density at radius 1 is 0.980 bits per heavy atom. The maximum Gasteiger partial charge on any atom is 0.140 e. The minimum atomic E-state index is -0.0173. The van der Waals surface area contributed by atoms with Crippen LogP contribution in [0.5, 0.6) is 5.75 Å². The number of fused-ring (bicyclic) bond motifs is 1. The van der Waals surface area contributed by atoms with Gasteiger partial charge in [0, 0.05) is 68.6 Å². The van der Waals surface area contributed by atoms with Gasteiger partial charge in [0.25, 0.3) is 0 Å². The lowest BCUT2D eigenvalue weighted by atomic mass is 9.77. The fourth-order valence-corrected chi connectivity index (χ4v) is 6.91. The summed E-state index contributed by atoms with van der Waals surface area (Å²) in [5.41, 5.74) is 10.5. The number of methoxy groups -OCH3 is 1. The van der Waals surface area contributed by atoms with E-state index in [4.69, 9.17) is 4.74 Å². The molecule has 0 aromatic heterocycles. The van der Waals surface area contributed by atoms with Gasteiger partial charge in [-0.3, -0.25) is 9.69 Å². The van der Waals surface area contributed by atoms with Gasteiger partial charge in [0.2, 0.25) is 0 Å². The van der Waals surface area contributed by atoms with Crippen molar-refractivity contribution in [3.8, 4) is 5.75 Å². The van der Waals surface area contributed by atoms with E-state index in [9.17, 15) is 4.79 Å². The molecular formula is C45H76N4O2. The zero-order valence-electron chi connectivity index (χ0n) is 33.9. The average Bonchev–Trinajstić information content (AvgIpc) is 3.47. The quantitative estimate of drug-likeness (QED) is 0.262. The number of carbonyl (C=O) groups is 1. The first-order chi connectivity index (χ1) is 24.3. The highest BCUT2D eigenvalue weighted by atomic mass is 16.5. The smallest absolute Gasteiger partial charge is 0.140 e. The van der Waals surface area contributed by atoms with Crippen LogP contribution in [-0.2, 0) is 11.3 Å². The van der Waals surface area contributed by atoms with E-state index < -0.39 is 0 Å². The Morgan fingerprint density at radius 2 is 1.59 bits per heavy atom. The molecule has 1 aliphatic carbocycles. The number of nitrogens with zero attached hydrogens (tertiary/aromatic N) is 3. The largest absolute Gasteiger partial charge is 0.496 e. The van der Waals surface area contributed by atoms with Crippen LogP contribution in [0.15, 0.2) is 77.8 Å². The molecule has 2 saturated heterocycles. The molecular weight excluding hydrogens is 629 g/mol. The topological polar surface area (TPSA) is 48.1 Å². The van der Waals surface area contributed by atoms with E-state index in [-0.39, 0.29) is 13.3 Å². The van der Waals surface area contributed by atoms with Crippen molar-refractivity contribution in [3.05, 3.63) is 94.5 Å². The Morgan fingerprint density at radius 3 is 2.10 bits per heavy atom. The third kappa shape index (κ3) is 12.4. The number of benzene rings is 1. The van der Waals surface area contributed by atoms with Crippen LogP contribution in [0.25, 0.3) is 6.08 Å². The Labute approximate surface area is 315 Å². The number of piperazine rings is 1. The number of carbonyl (C=O) groups excluding carboxylic acids is 1. The van der Waals surface area contributed by atoms with Crippen LogP contribution in [0.1, 0.15) is 119 Å². The van der Waals surface area contributed by atoms with Crippen LogP contribution in [0.2, 0.25) is 0 Å². The second kappa shape index (κ2) is 25.6. The summed E-state index contributed by atoms with van der Waals surface area (Å²) in [6, 6.07) is 4.25. The van der Waals surface area contributed by atoms with Crippen LogP contribution < -0.4 is 10.1 Å². The number of nitrogens with one attached hydrogen (secondary N) is 1. The van der Waals surface area contributed by atoms with Gasteiger partial charge >= 0.3 is 0 Å². The lowest BCUT2D eigenvalue weighted by Crippen LogP contribution is -2.40. The summed E-state index contributed by atoms with van der Waals surface area (Å²) in [5.74, 6) is 1.28. The van der Waals surface area contributed by atoms with Crippen LogP contribution in [-0.4, -0.2) is 73.4 Å². The maximum atomic E-state index is 12.6. The number of allylic oxidation sites excluding steroid dienone is 4. The van der Waals surface area contributed by atoms with Crippen molar-refractivity contribution < 1.29 is 9.53 Å². The summed E-state index contributed by atoms with van der Waals surface area (Å²) in [6.45, 7) is 41.6. The Balaban J connectivity index is 0.00000142. The number of ether oxygens (including phenoxy) is 1. The highest BCUT2D eigenvalue weighted by Gasteiger charge is 2.38. The normalized spacial score (nSPS) is 18.4. The minimum Gasteiger partial charge on any atom is -0.496 e. The van der Waals surface area contributed by atoms with E-state index in [0.29, 0.717) is 12.2 Å². The number of Topliss-reactive ketones (excluding diaryl/α,β-unsaturated/α-hetero) is 1. The molecule has 1 unspecified atom stereocenters. The minimum absolute atomic E-state index is 0. The number of rotatable bonds is 10. The molecule has 0 radical (unpaired) electrons. The zero-order chi connectivity index (χ0) is 37.8. The molecule has 0 saturated carbocycles. The van der Waals surface area contributed by atoms with Crippen molar-refractivity contribution in [2.45, 2.75) is 115 Å². The van der Waals surface area contributed by atoms with Crippen molar-refractivity contribution in [1.82, 2.24) is 20.0 Å². The number of hydrogen-bond donors (Lipinski definition) is 1. The molecule has 5 rings (SSSR count). The van der Waals surface area contributed by atoms with Gasteiger partial charge in [-0.05, 0) is 104 Å². The molecule has 0 bridgehead atoms. The molecule has 4 aliphatic rings. The van der Waals surface area contributed by atoms with E-state index in [1.165, 1.54) is 33.4 Å². The van der Waals surface area contributed by atoms with E-state index in [1.807, 2.05) is 47.7 Å². The summed E-state index contributed by atoms with van der Waals surface area (Å²) < 4.78 is 5.85. The molecule has 1 aromatic rings. The van der Waals surface area contributed by atoms with Gasteiger partial charge in [-0.15, -0.1) is 0 Å². The SMILES string of the molecule is C.C=C1C2=CC3=C(CCC(=O)C3CC)C(=C)N2C/C1=C/c1c(C)ccc(OC)c1CN(CCC)CCC.C=CN1CCNCC1.CC.CC.CC. The fraction of sp³-hybridized carbons (Fsp3) is 0.578. The molecule has 51 heavy (non-hydrogen) atoms. The van der Waals surface area contributed by atoms with Gasteiger partial charge < -0.3 is 19.9 Å². The fourth-order valence-electron chi connectivity index (χ4n) is 6.91. The van der Waals surface area contributed by atoms with E-state index in [2.05, 4.69) is 91.7 Å². The van der Waals surface area contributed by atoms with E-state index >= 15 is 0 Å². The predicted molar refractivity (Wildman–Crippen MR) is 225 cm³/mol. The number of ketones is 1. The van der Waals surface area contributed by atoms with Crippen molar-refractivity contribution in [3.63, 3.8) is 0 Å². The molecule has 3 heterocycles. The van der Waals surface area contributed by atoms with Crippen LogP contribution in [0, 0.1) is 12.8 Å². The second-order valence-electron chi connectivity index (χ2n) is 12.3.